The molecule has 2 heteroatoms. The van der Waals surface area contributed by atoms with Gasteiger partial charge in [-0.25, -0.2) is 0 Å². The Bertz CT molecular complexity index is 3220. The van der Waals surface area contributed by atoms with Crippen LogP contribution in [0.5, 0.6) is 0 Å². The SMILES string of the molecule is c1ccc(-c2cccc(-n3c4ccccc4c4cc(-c5cccc6c5c5ccccc5n6-c5ccc(-c6ccccc6)c(-c6ccccc6)c5)ccc43)c2)cc1. The van der Waals surface area contributed by atoms with Crippen molar-refractivity contribution >= 4 is 43.6 Å². The summed E-state index contributed by atoms with van der Waals surface area (Å²) in [6.45, 7) is 0. The molecule has 0 amide bonds. The van der Waals surface area contributed by atoms with Crippen LogP contribution in [0.1, 0.15) is 0 Å². The van der Waals surface area contributed by atoms with Gasteiger partial charge >= 0.3 is 0 Å². The second kappa shape index (κ2) is 13.2. The molecule has 0 radical (unpaired) electrons. The van der Waals surface area contributed by atoms with Crippen molar-refractivity contribution in [3.63, 3.8) is 0 Å². The van der Waals surface area contributed by atoms with Gasteiger partial charge in [-0.05, 0) is 99.1 Å². The van der Waals surface area contributed by atoms with Crippen molar-refractivity contribution in [1.29, 1.82) is 0 Å². The van der Waals surface area contributed by atoms with Gasteiger partial charge in [-0.3, -0.25) is 0 Å². The quantitative estimate of drug-likeness (QED) is 0.162. The highest BCUT2D eigenvalue weighted by Gasteiger charge is 2.19. The van der Waals surface area contributed by atoms with Crippen LogP contribution < -0.4 is 0 Å². The van der Waals surface area contributed by atoms with Crippen LogP contribution in [0.15, 0.2) is 218 Å². The number of hydrogen-bond acceptors (Lipinski definition) is 0. The van der Waals surface area contributed by atoms with E-state index in [1.807, 2.05) is 0 Å². The van der Waals surface area contributed by atoms with Gasteiger partial charge in [0.05, 0.1) is 22.1 Å². The minimum Gasteiger partial charge on any atom is -0.309 e. The average Bonchev–Trinajstić information content (AvgIpc) is 3.80. The first-order valence-electron chi connectivity index (χ1n) is 19.3. The number of rotatable bonds is 6. The molecule has 0 saturated heterocycles. The number of hydrogen-bond donors (Lipinski definition) is 0. The first-order chi connectivity index (χ1) is 27.8. The van der Waals surface area contributed by atoms with Crippen LogP contribution in [0, 0.1) is 0 Å². The largest absolute Gasteiger partial charge is 0.309 e. The van der Waals surface area contributed by atoms with Gasteiger partial charge in [-0.2, -0.15) is 0 Å². The number of nitrogens with zero attached hydrogens (tertiary/aromatic N) is 2. The third-order valence-electron chi connectivity index (χ3n) is 11.3. The summed E-state index contributed by atoms with van der Waals surface area (Å²) in [4.78, 5) is 0. The van der Waals surface area contributed by atoms with Gasteiger partial charge < -0.3 is 9.13 Å². The molecular formula is C54H36N2. The fourth-order valence-electron chi connectivity index (χ4n) is 8.81. The zero-order valence-electron chi connectivity index (χ0n) is 30.7. The molecule has 2 nitrogen and oxygen atoms in total. The standard InChI is InChI=1S/C54H36N2/c1-4-16-37(17-5-1)40-22-14-23-42(34-40)55-50-27-12-10-24-46(50)49-35-41(30-33-52(49)55)45-26-15-29-53-54(45)47-25-11-13-28-51(47)56(53)43-31-32-44(38-18-6-2-7-19-38)48(36-43)39-20-8-3-9-21-39/h1-36H. The highest BCUT2D eigenvalue weighted by atomic mass is 15.0. The molecule has 0 atom stereocenters. The lowest BCUT2D eigenvalue weighted by atomic mass is 9.94. The Hall–Kier alpha value is -7.42. The Balaban J connectivity index is 1.11. The molecule has 2 heterocycles. The monoisotopic (exact) mass is 712 g/mol. The number of para-hydroxylation sites is 2. The van der Waals surface area contributed by atoms with Crippen molar-refractivity contribution in [2.75, 3.05) is 0 Å². The first kappa shape index (κ1) is 32.0. The van der Waals surface area contributed by atoms with Gasteiger partial charge in [0.15, 0.2) is 0 Å². The molecule has 11 aromatic rings. The summed E-state index contributed by atoms with van der Waals surface area (Å²) in [7, 11) is 0. The summed E-state index contributed by atoms with van der Waals surface area (Å²) in [5, 5.41) is 4.99. The van der Waals surface area contributed by atoms with Crippen LogP contribution in [0.3, 0.4) is 0 Å². The van der Waals surface area contributed by atoms with E-state index in [1.165, 1.54) is 88.1 Å². The van der Waals surface area contributed by atoms with Crippen LogP contribution in [0.25, 0.3) is 99.5 Å². The lowest BCUT2D eigenvalue weighted by Gasteiger charge is -2.15. The second-order valence-corrected chi connectivity index (χ2v) is 14.5. The van der Waals surface area contributed by atoms with E-state index in [2.05, 4.69) is 228 Å². The van der Waals surface area contributed by atoms with Gasteiger partial charge in [0, 0.05) is 32.9 Å². The lowest BCUT2D eigenvalue weighted by molar-refractivity contribution is 1.18. The molecular weight excluding hydrogens is 677 g/mol. The minimum absolute atomic E-state index is 1.14. The van der Waals surface area contributed by atoms with E-state index in [9.17, 15) is 0 Å². The van der Waals surface area contributed by atoms with Gasteiger partial charge in [-0.15, -0.1) is 0 Å². The predicted octanol–water partition coefficient (Wildman–Crippen LogP) is 14.5. The predicted molar refractivity (Wildman–Crippen MR) is 237 cm³/mol. The Morgan fingerprint density at radius 3 is 1.52 bits per heavy atom. The van der Waals surface area contributed by atoms with Crippen LogP contribution in [0.4, 0.5) is 0 Å². The first-order valence-corrected chi connectivity index (χ1v) is 19.3. The van der Waals surface area contributed by atoms with Gasteiger partial charge in [-0.1, -0.05) is 164 Å². The summed E-state index contributed by atoms with van der Waals surface area (Å²) >= 11 is 0. The lowest BCUT2D eigenvalue weighted by Crippen LogP contribution is -1.96. The maximum absolute atomic E-state index is 2.44. The minimum atomic E-state index is 1.14. The summed E-state index contributed by atoms with van der Waals surface area (Å²) in [5.74, 6) is 0. The summed E-state index contributed by atoms with van der Waals surface area (Å²) in [6, 6.07) is 79.4. The summed E-state index contributed by atoms with van der Waals surface area (Å²) in [5.41, 5.74) is 16.8. The third-order valence-corrected chi connectivity index (χ3v) is 11.3. The fraction of sp³-hybridized carbons (Fsp3) is 0. The van der Waals surface area contributed by atoms with Crippen molar-refractivity contribution < 1.29 is 0 Å². The molecule has 262 valence electrons. The molecule has 56 heavy (non-hydrogen) atoms. The fourth-order valence-corrected chi connectivity index (χ4v) is 8.81. The molecule has 0 fully saturated rings. The van der Waals surface area contributed by atoms with Crippen LogP contribution in [-0.2, 0) is 0 Å². The van der Waals surface area contributed by atoms with E-state index >= 15 is 0 Å². The van der Waals surface area contributed by atoms with E-state index in [0.29, 0.717) is 0 Å². The molecule has 0 spiro atoms. The second-order valence-electron chi connectivity index (χ2n) is 14.5. The molecule has 0 unspecified atom stereocenters. The third kappa shape index (κ3) is 5.19. The average molecular weight is 713 g/mol. The van der Waals surface area contributed by atoms with Crippen LogP contribution >= 0.6 is 0 Å². The van der Waals surface area contributed by atoms with Gasteiger partial charge in [0.25, 0.3) is 0 Å². The zero-order valence-corrected chi connectivity index (χ0v) is 30.7. The maximum atomic E-state index is 2.44. The number of benzene rings is 9. The number of aromatic nitrogens is 2. The molecule has 0 bridgehead atoms. The molecule has 0 aliphatic heterocycles. The summed E-state index contributed by atoms with van der Waals surface area (Å²) < 4.78 is 4.86. The van der Waals surface area contributed by atoms with Gasteiger partial charge in [0.1, 0.15) is 0 Å². The molecule has 0 aliphatic rings. The highest BCUT2D eigenvalue weighted by Crippen LogP contribution is 2.42. The zero-order chi connectivity index (χ0) is 37.0. The van der Waals surface area contributed by atoms with Crippen molar-refractivity contribution in [2.24, 2.45) is 0 Å². The Kier molecular flexibility index (Phi) is 7.53. The van der Waals surface area contributed by atoms with Gasteiger partial charge in [0.2, 0.25) is 0 Å². The van der Waals surface area contributed by atoms with Crippen LogP contribution in [0.2, 0.25) is 0 Å². The maximum Gasteiger partial charge on any atom is 0.0547 e. The Morgan fingerprint density at radius 2 is 0.768 bits per heavy atom. The van der Waals surface area contributed by atoms with Crippen molar-refractivity contribution in [3.8, 4) is 55.9 Å². The smallest absolute Gasteiger partial charge is 0.0547 e. The van der Waals surface area contributed by atoms with E-state index in [0.717, 1.165) is 11.4 Å². The van der Waals surface area contributed by atoms with E-state index < -0.39 is 0 Å². The highest BCUT2D eigenvalue weighted by molar-refractivity contribution is 6.17. The van der Waals surface area contributed by atoms with E-state index in [4.69, 9.17) is 0 Å². The molecule has 0 aliphatic carbocycles. The van der Waals surface area contributed by atoms with Crippen molar-refractivity contribution in [3.05, 3.63) is 218 Å². The Morgan fingerprint density at radius 1 is 0.232 bits per heavy atom. The molecule has 11 rings (SSSR count). The van der Waals surface area contributed by atoms with E-state index in [-0.39, 0.29) is 0 Å². The van der Waals surface area contributed by atoms with E-state index in [1.54, 1.807) is 0 Å². The normalized spacial score (nSPS) is 11.6. The van der Waals surface area contributed by atoms with Crippen molar-refractivity contribution in [2.45, 2.75) is 0 Å². The topological polar surface area (TPSA) is 9.86 Å². The molecule has 0 saturated carbocycles. The van der Waals surface area contributed by atoms with Crippen molar-refractivity contribution in [1.82, 2.24) is 9.13 Å². The van der Waals surface area contributed by atoms with Crippen LogP contribution in [-0.4, -0.2) is 9.13 Å². The number of fused-ring (bicyclic) bond motifs is 6. The summed E-state index contributed by atoms with van der Waals surface area (Å²) in [6.07, 6.45) is 0. The molecule has 9 aromatic carbocycles. The Labute approximate surface area is 325 Å². The molecule has 2 aromatic heterocycles. The molecule has 0 N–H and O–H groups in total.